The van der Waals surface area contributed by atoms with Crippen molar-refractivity contribution in [1.82, 2.24) is 19.6 Å². The topological polar surface area (TPSA) is 56.2 Å². The van der Waals surface area contributed by atoms with Crippen molar-refractivity contribution in [2.75, 3.05) is 0 Å². The first-order valence-electron chi connectivity index (χ1n) is 9.26. The van der Waals surface area contributed by atoms with Gasteiger partial charge in [0.2, 0.25) is 5.82 Å². The molecule has 0 bridgehead atoms. The number of aromatic nitrogens is 4. The lowest BCUT2D eigenvalue weighted by atomic mass is 9.70. The van der Waals surface area contributed by atoms with Crippen LogP contribution < -0.4 is 0 Å². The number of aryl methyl sites for hydroxylation is 1. The van der Waals surface area contributed by atoms with Gasteiger partial charge in [0.05, 0.1) is 11.6 Å². The first-order chi connectivity index (χ1) is 12.6. The van der Waals surface area contributed by atoms with E-state index >= 15 is 0 Å². The number of hydrogen-bond acceptors (Lipinski definition) is 5. The van der Waals surface area contributed by atoms with Gasteiger partial charge in [0.1, 0.15) is 11.2 Å². The maximum absolute atomic E-state index is 5.46. The summed E-state index contributed by atoms with van der Waals surface area (Å²) >= 11 is 1.84. The Morgan fingerprint density at radius 3 is 3.04 bits per heavy atom. The smallest absolute Gasteiger partial charge is 0.217 e. The lowest BCUT2D eigenvalue weighted by molar-refractivity contribution is 0.184. The van der Waals surface area contributed by atoms with Gasteiger partial charge in [-0.3, -0.25) is 0 Å². The lowest BCUT2D eigenvalue weighted by Crippen LogP contribution is -2.28. The highest BCUT2D eigenvalue weighted by molar-refractivity contribution is 7.19. The van der Waals surface area contributed by atoms with E-state index in [9.17, 15) is 0 Å². The number of rotatable bonds is 3. The quantitative estimate of drug-likeness (QED) is 0.504. The number of furan rings is 1. The first kappa shape index (κ1) is 16.0. The molecule has 0 radical (unpaired) electrons. The van der Waals surface area contributed by atoms with Crippen LogP contribution in [0.5, 0.6) is 0 Å². The van der Waals surface area contributed by atoms with E-state index in [-0.39, 0.29) is 0 Å². The molecule has 26 heavy (non-hydrogen) atoms. The van der Waals surface area contributed by atoms with E-state index in [1.54, 1.807) is 17.1 Å². The van der Waals surface area contributed by atoms with Crippen molar-refractivity contribution < 1.29 is 4.42 Å². The Morgan fingerprint density at radius 1 is 1.38 bits per heavy atom. The first-order valence-corrected chi connectivity index (χ1v) is 10.1. The van der Waals surface area contributed by atoms with Crippen LogP contribution in [0.3, 0.4) is 0 Å². The van der Waals surface area contributed by atoms with E-state index < -0.39 is 0 Å². The third-order valence-electron chi connectivity index (χ3n) is 6.14. The normalized spacial score (nSPS) is 17.9. The van der Waals surface area contributed by atoms with Crippen LogP contribution in [0.1, 0.15) is 44.1 Å². The highest BCUT2D eigenvalue weighted by Crippen LogP contribution is 2.45. The van der Waals surface area contributed by atoms with Crippen LogP contribution in [0.25, 0.3) is 27.4 Å². The molecule has 4 aromatic rings. The molecule has 0 saturated heterocycles. The fraction of sp³-hybridized carbons (Fsp3) is 0.450. The fourth-order valence-electron chi connectivity index (χ4n) is 4.04. The Hall–Kier alpha value is -2.21. The van der Waals surface area contributed by atoms with Crippen molar-refractivity contribution in [2.24, 2.45) is 11.3 Å². The molecule has 134 valence electrons. The van der Waals surface area contributed by atoms with Crippen molar-refractivity contribution in [3.05, 3.63) is 35.2 Å². The largest absolute Gasteiger partial charge is 0.461 e. The van der Waals surface area contributed by atoms with E-state index in [4.69, 9.17) is 9.40 Å². The highest BCUT2D eigenvalue weighted by atomic mass is 32.1. The van der Waals surface area contributed by atoms with E-state index in [2.05, 4.69) is 30.9 Å². The predicted molar refractivity (Wildman–Crippen MR) is 103 cm³/mol. The summed E-state index contributed by atoms with van der Waals surface area (Å²) in [5.74, 6) is 2.04. The van der Waals surface area contributed by atoms with E-state index in [0.29, 0.717) is 17.0 Å². The van der Waals surface area contributed by atoms with Crippen LogP contribution in [0.4, 0.5) is 0 Å². The summed E-state index contributed by atoms with van der Waals surface area (Å²) in [5, 5.41) is 5.74. The molecular weight excluding hydrogens is 344 g/mol. The molecule has 0 N–H and O–H groups in total. The summed E-state index contributed by atoms with van der Waals surface area (Å²) in [5.41, 5.74) is 2.72. The summed E-state index contributed by atoms with van der Waals surface area (Å²) in [6.45, 7) is 7.11. The van der Waals surface area contributed by atoms with Crippen LogP contribution in [0.2, 0.25) is 0 Å². The van der Waals surface area contributed by atoms with Crippen LogP contribution in [-0.2, 0) is 12.8 Å². The second-order valence-corrected chi connectivity index (χ2v) is 8.97. The van der Waals surface area contributed by atoms with Crippen LogP contribution >= 0.6 is 11.3 Å². The predicted octanol–water partition coefficient (Wildman–Crippen LogP) is 5.14. The van der Waals surface area contributed by atoms with Crippen molar-refractivity contribution in [1.29, 1.82) is 0 Å². The molecule has 6 heteroatoms. The zero-order chi connectivity index (χ0) is 17.9. The number of thiophene rings is 1. The standard InChI is InChI=1S/C20H22N4OS/c1-4-20(2,3)12-7-8-13-15(10-12)26-19-16(13)18-22-17(14-6-5-9-25-14)23-24(18)11-21-19/h5-6,9,11-12H,4,7-8,10H2,1-3H3. The van der Waals surface area contributed by atoms with E-state index in [0.717, 1.165) is 29.2 Å². The molecular formula is C20H22N4OS. The molecule has 4 aromatic heterocycles. The molecule has 4 heterocycles. The van der Waals surface area contributed by atoms with Gasteiger partial charge in [-0.05, 0) is 48.3 Å². The SMILES string of the molecule is CCC(C)(C)C1CCc2c(sc3ncn4nc(-c5ccco5)nc4c23)C1. The fourth-order valence-corrected chi connectivity index (χ4v) is 5.30. The van der Waals surface area contributed by atoms with E-state index in [1.165, 1.54) is 28.7 Å². The van der Waals surface area contributed by atoms with Crippen molar-refractivity contribution >= 4 is 27.2 Å². The molecule has 0 spiro atoms. The zero-order valence-electron chi connectivity index (χ0n) is 15.3. The van der Waals surface area contributed by atoms with Gasteiger partial charge in [-0.2, -0.15) is 0 Å². The Bertz CT molecular complexity index is 1090. The van der Waals surface area contributed by atoms with Gasteiger partial charge in [0, 0.05) is 4.88 Å². The molecule has 0 saturated carbocycles. The second-order valence-electron chi connectivity index (χ2n) is 7.89. The number of hydrogen-bond donors (Lipinski definition) is 0. The van der Waals surface area contributed by atoms with E-state index in [1.807, 2.05) is 23.5 Å². The lowest BCUT2D eigenvalue weighted by Gasteiger charge is -2.36. The van der Waals surface area contributed by atoms with Crippen molar-refractivity contribution in [3.63, 3.8) is 0 Å². The Kier molecular flexibility index (Phi) is 3.47. The molecule has 0 amide bonds. The Morgan fingerprint density at radius 2 is 2.27 bits per heavy atom. The maximum Gasteiger partial charge on any atom is 0.217 e. The van der Waals surface area contributed by atoms with Crippen LogP contribution in [0, 0.1) is 11.3 Å². The number of fused-ring (bicyclic) bond motifs is 5. The average Bonchev–Trinajstić information content (AvgIpc) is 3.36. The van der Waals surface area contributed by atoms with Gasteiger partial charge in [-0.25, -0.2) is 14.5 Å². The molecule has 0 aliphatic heterocycles. The summed E-state index contributed by atoms with van der Waals surface area (Å²) in [6.07, 6.45) is 8.14. The zero-order valence-corrected chi connectivity index (χ0v) is 16.1. The van der Waals surface area contributed by atoms with Gasteiger partial charge in [0.25, 0.3) is 0 Å². The highest BCUT2D eigenvalue weighted by Gasteiger charge is 2.33. The van der Waals surface area contributed by atoms with Crippen molar-refractivity contribution in [2.45, 2.75) is 46.5 Å². The summed E-state index contributed by atoms with van der Waals surface area (Å²) in [7, 11) is 0. The second kappa shape index (κ2) is 5.64. The minimum Gasteiger partial charge on any atom is -0.461 e. The minimum atomic E-state index is 0.387. The molecule has 5 rings (SSSR count). The van der Waals surface area contributed by atoms with Gasteiger partial charge >= 0.3 is 0 Å². The van der Waals surface area contributed by atoms with Crippen molar-refractivity contribution in [3.8, 4) is 11.6 Å². The van der Waals surface area contributed by atoms with Crippen LogP contribution in [-0.4, -0.2) is 19.6 Å². The molecule has 0 fully saturated rings. The monoisotopic (exact) mass is 366 g/mol. The molecule has 1 unspecified atom stereocenters. The molecule has 1 aliphatic rings. The summed E-state index contributed by atoms with van der Waals surface area (Å²) in [6, 6.07) is 3.75. The van der Waals surface area contributed by atoms with Gasteiger partial charge in [-0.15, -0.1) is 16.4 Å². The average molecular weight is 366 g/mol. The number of nitrogens with zero attached hydrogens (tertiary/aromatic N) is 4. The summed E-state index contributed by atoms with van der Waals surface area (Å²) < 4.78 is 7.25. The van der Waals surface area contributed by atoms with Gasteiger partial charge in [-0.1, -0.05) is 27.2 Å². The molecule has 1 aliphatic carbocycles. The van der Waals surface area contributed by atoms with Gasteiger partial charge < -0.3 is 4.42 Å². The molecule has 1 atom stereocenters. The molecule has 0 aromatic carbocycles. The minimum absolute atomic E-state index is 0.387. The van der Waals surface area contributed by atoms with Gasteiger partial charge in [0.15, 0.2) is 11.4 Å². The maximum atomic E-state index is 5.46. The third kappa shape index (κ3) is 2.31. The Labute approximate surface area is 156 Å². The molecule has 5 nitrogen and oxygen atoms in total. The van der Waals surface area contributed by atoms with Crippen LogP contribution in [0.15, 0.2) is 29.1 Å². The third-order valence-corrected chi connectivity index (χ3v) is 7.31. The summed E-state index contributed by atoms with van der Waals surface area (Å²) in [4.78, 5) is 12.0. The Balaban J connectivity index is 1.65.